The van der Waals surface area contributed by atoms with E-state index in [1.807, 2.05) is 13.8 Å². The van der Waals surface area contributed by atoms with E-state index in [0.29, 0.717) is 11.8 Å². The first kappa shape index (κ1) is 16.4. The van der Waals surface area contributed by atoms with Crippen molar-refractivity contribution in [2.45, 2.75) is 65.5 Å². The van der Waals surface area contributed by atoms with Crippen LogP contribution in [0.15, 0.2) is 0 Å². The molecule has 0 spiro atoms. The molecule has 0 aromatic carbocycles. The number of nitrogens with one attached hydrogen (secondary N) is 1. The van der Waals surface area contributed by atoms with Crippen LogP contribution in [0.5, 0.6) is 0 Å². The van der Waals surface area contributed by atoms with Crippen molar-refractivity contribution in [3.8, 4) is 0 Å². The van der Waals surface area contributed by atoms with Crippen LogP contribution >= 0.6 is 0 Å². The van der Waals surface area contributed by atoms with E-state index >= 15 is 0 Å². The molecule has 112 valence electrons. The lowest BCUT2D eigenvalue weighted by molar-refractivity contribution is -0.140. The van der Waals surface area contributed by atoms with Crippen LogP contribution in [0.2, 0.25) is 0 Å². The number of likely N-dealkylation sites (tertiary alicyclic amines) is 1. The summed E-state index contributed by atoms with van der Waals surface area (Å²) in [6.45, 7) is 11.7. The first-order valence-corrected chi connectivity index (χ1v) is 7.51. The molecule has 0 aromatic heterocycles. The maximum absolute atomic E-state index is 11.2. The highest BCUT2D eigenvalue weighted by atomic mass is 16.4. The molecule has 1 aliphatic heterocycles. The molecular formula is C15H30N2O2. The second kappa shape index (κ2) is 7.25. The lowest BCUT2D eigenvalue weighted by Crippen LogP contribution is -2.43. The van der Waals surface area contributed by atoms with Crippen molar-refractivity contribution in [3.05, 3.63) is 0 Å². The standard InChI is InChI=1S/C15H30N2O2/c1-12(2)16-13(14(18)19)6-10-17-9-5-7-15(3,4)8-11-17/h12-13,16H,5-11H2,1-4H3,(H,18,19). The van der Waals surface area contributed by atoms with Gasteiger partial charge in [0.1, 0.15) is 6.04 Å². The van der Waals surface area contributed by atoms with E-state index in [1.54, 1.807) is 0 Å². The van der Waals surface area contributed by atoms with Crippen molar-refractivity contribution in [1.82, 2.24) is 10.2 Å². The summed E-state index contributed by atoms with van der Waals surface area (Å²) in [5.41, 5.74) is 0.442. The molecule has 0 aliphatic carbocycles. The molecule has 1 unspecified atom stereocenters. The average molecular weight is 270 g/mol. The van der Waals surface area contributed by atoms with Gasteiger partial charge in [-0.2, -0.15) is 0 Å². The first-order valence-electron chi connectivity index (χ1n) is 7.51. The third-order valence-corrected chi connectivity index (χ3v) is 4.00. The first-order chi connectivity index (χ1) is 8.80. The van der Waals surface area contributed by atoms with Gasteiger partial charge in [0.2, 0.25) is 0 Å². The van der Waals surface area contributed by atoms with Crippen LogP contribution in [0, 0.1) is 5.41 Å². The van der Waals surface area contributed by atoms with Gasteiger partial charge < -0.3 is 15.3 Å². The maximum atomic E-state index is 11.2. The summed E-state index contributed by atoms with van der Waals surface area (Å²) >= 11 is 0. The van der Waals surface area contributed by atoms with E-state index < -0.39 is 12.0 Å². The maximum Gasteiger partial charge on any atom is 0.320 e. The fourth-order valence-electron chi connectivity index (χ4n) is 2.69. The summed E-state index contributed by atoms with van der Waals surface area (Å²) in [5.74, 6) is -0.733. The number of carbonyl (C=O) groups is 1. The second-order valence-corrected chi connectivity index (χ2v) is 6.86. The summed E-state index contributed by atoms with van der Waals surface area (Å²) in [4.78, 5) is 13.6. The van der Waals surface area contributed by atoms with Crippen molar-refractivity contribution in [1.29, 1.82) is 0 Å². The zero-order valence-electron chi connectivity index (χ0n) is 12.9. The van der Waals surface area contributed by atoms with Gasteiger partial charge in [-0.25, -0.2) is 0 Å². The Hall–Kier alpha value is -0.610. The third kappa shape index (κ3) is 6.39. The van der Waals surface area contributed by atoms with Crippen LogP contribution in [0.3, 0.4) is 0 Å². The van der Waals surface area contributed by atoms with Crippen LogP contribution in [0.4, 0.5) is 0 Å². The monoisotopic (exact) mass is 270 g/mol. The summed E-state index contributed by atoms with van der Waals surface area (Å²) in [6.07, 6.45) is 4.40. The topological polar surface area (TPSA) is 52.6 Å². The molecule has 0 radical (unpaired) electrons. The molecule has 4 heteroatoms. The Morgan fingerprint density at radius 2 is 2.00 bits per heavy atom. The molecular weight excluding hydrogens is 240 g/mol. The summed E-state index contributed by atoms with van der Waals surface area (Å²) in [6, 6.07) is -0.208. The van der Waals surface area contributed by atoms with Crippen LogP contribution in [-0.2, 0) is 4.79 Å². The minimum absolute atomic E-state index is 0.212. The Bertz CT molecular complexity index is 290. The van der Waals surface area contributed by atoms with Crippen molar-refractivity contribution in [2.75, 3.05) is 19.6 Å². The smallest absolute Gasteiger partial charge is 0.320 e. The average Bonchev–Trinajstić information content (AvgIpc) is 2.45. The molecule has 19 heavy (non-hydrogen) atoms. The van der Waals surface area contributed by atoms with Gasteiger partial charge in [-0.3, -0.25) is 4.79 Å². The SMILES string of the molecule is CC(C)NC(CCN1CCCC(C)(C)CC1)C(=O)O. The largest absolute Gasteiger partial charge is 0.480 e. The summed E-state index contributed by atoms with van der Waals surface area (Å²) in [7, 11) is 0. The lowest BCUT2D eigenvalue weighted by atomic mass is 9.85. The molecule has 2 N–H and O–H groups in total. The van der Waals surface area contributed by atoms with E-state index in [-0.39, 0.29) is 6.04 Å². The lowest BCUT2D eigenvalue weighted by Gasteiger charge is -2.25. The zero-order chi connectivity index (χ0) is 14.5. The van der Waals surface area contributed by atoms with Crippen molar-refractivity contribution in [3.63, 3.8) is 0 Å². The molecule has 1 rings (SSSR count). The number of hydrogen-bond acceptors (Lipinski definition) is 3. The second-order valence-electron chi connectivity index (χ2n) is 6.86. The molecule has 0 aromatic rings. The summed E-state index contributed by atoms with van der Waals surface area (Å²) < 4.78 is 0. The van der Waals surface area contributed by atoms with Crippen molar-refractivity contribution in [2.24, 2.45) is 5.41 Å². The Morgan fingerprint density at radius 3 is 2.58 bits per heavy atom. The van der Waals surface area contributed by atoms with Gasteiger partial charge in [0.15, 0.2) is 0 Å². The third-order valence-electron chi connectivity index (χ3n) is 4.00. The van der Waals surface area contributed by atoms with E-state index in [0.717, 1.165) is 19.6 Å². The van der Waals surface area contributed by atoms with Gasteiger partial charge in [0.05, 0.1) is 0 Å². The van der Waals surface area contributed by atoms with E-state index in [2.05, 4.69) is 24.1 Å². The number of aliphatic carboxylic acids is 1. The Balaban J connectivity index is 2.39. The molecule has 1 fully saturated rings. The number of hydrogen-bond donors (Lipinski definition) is 2. The van der Waals surface area contributed by atoms with Gasteiger partial charge in [0, 0.05) is 12.6 Å². The van der Waals surface area contributed by atoms with E-state index in [1.165, 1.54) is 19.3 Å². The molecule has 1 heterocycles. The van der Waals surface area contributed by atoms with Crippen molar-refractivity contribution >= 4 is 5.97 Å². The normalized spacial score (nSPS) is 22.2. The van der Waals surface area contributed by atoms with Crippen LogP contribution < -0.4 is 5.32 Å². The number of carboxylic acid groups (broad SMARTS) is 1. The molecule has 0 saturated carbocycles. The van der Waals surface area contributed by atoms with Crippen molar-refractivity contribution < 1.29 is 9.90 Å². The highest BCUT2D eigenvalue weighted by Crippen LogP contribution is 2.29. The Morgan fingerprint density at radius 1 is 1.32 bits per heavy atom. The highest BCUT2D eigenvalue weighted by molar-refractivity contribution is 5.73. The van der Waals surface area contributed by atoms with Gasteiger partial charge in [-0.15, -0.1) is 0 Å². The van der Waals surface area contributed by atoms with Gasteiger partial charge in [-0.05, 0) is 44.2 Å². The van der Waals surface area contributed by atoms with E-state index in [9.17, 15) is 9.90 Å². The molecule has 0 amide bonds. The number of rotatable bonds is 6. The fourth-order valence-corrected chi connectivity index (χ4v) is 2.69. The van der Waals surface area contributed by atoms with Gasteiger partial charge in [0.25, 0.3) is 0 Å². The molecule has 4 nitrogen and oxygen atoms in total. The zero-order valence-corrected chi connectivity index (χ0v) is 12.9. The predicted molar refractivity (Wildman–Crippen MR) is 78.4 cm³/mol. The van der Waals surface area contributed by atoms with Crippen LogP contribution in [0.1, 0.15) is 53.4 Å². The predicted octanol–water partition coefficient (Wildman–Crippen LogP) is 2.34. The molecule has 0 bridgehead atoms. The Labute approximate surface area is 117 Å². The summed E-state index contributed by atoms with van der Waals surface area (Å²) in [5, 5.41) is 12.3. The van der Waals surface area contributed by atoms with E-state index in [4.69, 9.17) is 0 Å². The minimum Gasteiger partial charge on any atom is -0.480 e. The quantitative estimate of drug-likeness (QED) is 0.778. The molecule has 1 atom stereocenters. The van der Waals surface area contributed by atoms with Gasteiger partial charge >= 0.3 is 5.97 Å². The molecule has 1 saturated heterocycles. The minimum atomic E-state index is -0.733. The highest BCUT2D eigenvalue weighted by Gasteiger charge is 2.24. The van der Waals surface area contributed by atoms with Gasteiger partial charge in [-0.1, -0.05) is 27.7 Å². The van der Waals surface area contributed by atoms with Crippen LogP contribution in [-0.4, -0.2) is 47.7 Å². The van der Waals surface area contributed by atoms with Crippen LogP contribution in [0.25, 0.3) is 0 Å². The number of carboxylic acids is 1. The fraction of sp³-hybridized carbons (Fsp3) is 0.933. The Kier molecular flexibility index (Phi) is 6.27. The molecule has 1 aliphatic rings. The number of nitrogens with zero attached hydrogens (tertiary/aromatic N) is 1.